The third-order valence-electron chi connectivity index (χ3n) is 2.70. The lowest BCUT2D eigenvalue weighted by molar-refractivity contribution is 0.922. The fourth-order valence-corrected chi connectivity index (χ4v) is 2.15. The monoisotopic (exact) mass is 254 g/mol. The van der Waals surface area contributed by atoms with Crippen molar-refractivity contribution in [3.05, 3.63) is 60.2 Å². The lowest BCUT2D eigenvalue weighted by Gasteiger charge is -2.19. The van der Waals surface area contributed by atoms with Crippen molar-refractivity contribution >= 4 is 17.4 Å². The van der Waals surface area contributed by atoms with Gasteiger partial charge in [-0.2, -0.15) is 5.26 Å². The summed E-state index contributed by atoms with van der Waals surface area (Å²) in [6.07, 6.45) is 0. The van der Waals surface area contributed by atoms with Crippen molar-refractivity contribution in [2.24, 2.45) is 0 Å². The van der Waals surface area contributed by atoms with Crippen LogP contribution in [0.2, 0.25) is 0 Å². The summed E-state index contributed by atoms with van der Waals surface area (Å²) in [6, 6.07) is 18.4. The first-order valence-electron chi connectivity index (χ1n) is 5.70. The number of benzene rings is 2. The quantitative estimate of drug-likeness (QED) is 0.611. The van der Waals surface area contributed by atoms with Gasteiger partial charge in [-0.1, -0.05) is 30.3 Å². The van der Waals surface area contributed by atoms with Gasteiger partial charge in [-0.15, -0.1) is 0 Å². The van der Waals surface area contributed by atoms with Crippen molar-refractivity contribution in [3.63, 3.8) is 0 Å². The average molecular weight is 254 g/mol. The summed E-state index contributed by atoms with van der Waals surface area (Å²) in [7, 11) is 2.07. The highest BCUT2D eigenvalue weighted by atomic mass is 32.2. The Morgan fingerprint density at radius 2 is 1.72 bits per heavy atom. The zero-order valence-electron chi connectivity index (χ0n) is 10.2. The van der Waals surface area contributed by atoms with E-state index >= 15 is 0 Å². The molecule has 2 rings (SSSR count). The molecule has 0 spiro atoms. The zero-order valence-corrected chi connectivity index (χ0v) is 11.0. The van der Waals surface area contributed by atoms with Gasteiger partial charge in [0.05, 0.1) is 0 Å². The number of anilines is 1. The van der Waals surface area contributed by atoms with Crippen molar-refractivity contribution in [1.29, 1.82) is 5.26 Å². The summed E-state index contributed by atoms with van der Waals surface area (Å²) in [4.78, 5) is 3.17. The molecule has 2 nitrogen and oxygen atoms in total. The molecule has 0 N–H and O–H groups in total. The smallest absolute Gasteiger partial charge is 0.138 e. The molecule has 0 aliphatic carbocycles. The van der Waals surface area contributed by atoms with E-state index in [9.17, 15) is 0 Å². The molecule has 0 bridgehead atoms. The van der Waals surface area contributed by atoms with Gasteiger partial charge in [-0.3, -0.25) is 0 Å². The topological polar surface area (TPSA) is 27.0 Å². The fraction of sp³-hybridized carbons (Fsp3) is 0.133. The highest BCUT2D eigenvalue weighted by Crippen LogP contribution is 2.21. The van der Waals surface area contributed by atoms with Gasteiger partial charge < -0.3 is 4.90 Å². The van der Waals surface area contributed by atoms with Crippen molar-refractivity contribution in [3.8, 4) is 5.40 Å². The van der Waals surface area contributed by atoms with Crippen LogP contribution in [0.4, 0.5) is 5.69 Å². The molecular weight excluding hydrogens is 240 g/mol. The second-order valence-corrected chi connectivity index (χ2v) is 4.89. The number of nitriles is 1. The van der Waals surface area contributed by atoms with Crippen LogP contribution in [0.5, 0.6) is 0 Å². The van der Waals surface area contributed by atoms with E-state index in [2.05, 4.69) is 41.6 Å². The maximum atomic E-state index is 8.60. The van der Waals surface area contributed by atoms with Crippen molar-refractivity contribution < 1.29 is 0 Å². The molecule has 0 aliphatic heterocycles. The second-order valence-electron chi connectivity index (χ2n) is 4.03. The Labute approximate surface area is 112 Å². The predicted octanol–water partition coefficient (Wildman–Crippen LogP) is 3.90. The van der Waals surface area contributed by atoms with Crippen LogP contribution in [0.15, 0.2) is 59.5 Å². The van der Waals surface area contributed by atoms with Crippen LogP contribution in [-0.2, 0) is 6.54 Å². The van der Waals surface area contributed by atoms with Crippen LogP contribution in [0, 0.1) is 10.7 Å². The molecule has 0 atom stereocenters. The normalized spacial score (nSPS) is 9.78. The SMILES string of the molecule is CN(Cc1ccccc1)c1ccc(SC#N)cc1. The molecule has 90 valence electrons. The molecule has 0 amide bonds. The molecule has 2 aromatic carbocycles. The molecule has 0 heterocycles. The Hall–Kier alpha value is -1.92. The van der Waals surface area contributed by atoms with Crippen LogP contribution in [0.1, 0.15) is 5.56 Å². The van der Waals surface area contributed by atoms with E-state index in [1.807, 2.05) is 30.3 Å². The van der Waals surface area contributed by atoms with Gasteiger partial charge in [0.1, 0.15) is 5.40 Å². The molecule has 0 unspecified atom stereocenters. The first kappa shape index (κ1) is 12.5. The van der Waals surface area contributed by atoms with E-state index in [1.165, 1.54) is 17.3 Å². The minimum absolute atomic E-state index is 0.881. The third kappa shape index (κ3) is 3.28. The van der Waals surface area contributed by atoms with E-state index in [0.29, 0.717) is 0 Å². The van der Waals surface area contributed by atoms with Crippen molar-refractivity contribution in [1.82, 2.24) is 0 Å². The molecular formula is C15H14N2S. The van der Waals surface area contributed by atoms with E-state index in [-0.39, 0.29) is 0 Å². The van der Waals surface area contributed by atoms with E-state index in [1.54, 1.807) is 0 Å². The summed E-state index contributed by atoms with van der Waals surface area (Å²) in [5.74, 6) is 0. The second kappa shape index (κ2) is 6.13. The zero-order chi connectivity index (χ0) is 12.8. The Morgan fingerprint density at radius 1 is 1.06 bits per heavy atom. The van der Waals surface area contributed by atoms with Gasteiger partial charge in [0.2, 0.25) is 0 Å². The molecule has 0 saturated carbocycles. The highest BCUT2D eigenvalue weighted by Gasteiger charge is 2.02. The third-order valence-corrected chi connectivity index (χ3v) is 3.30. The fourth-order valence-electron chi connectivity index (χ4n) is 1.77. The van der Waals surface area contributed by atoms with Crippen LogP contribution < -0.4 is 4.90 Å². The van der Waals surface area contributed by atoms with Gasteiger partial charge in [0, 0.05) is 24.2 Å². The first-order valence-corrected chi connectivity index (χ1v) is 6.52. The molecule has 18 heavy (non-hydrogen) atoms. The van der Waals surface area contributed by atoms with Gasteiger partial charge in [0.15, 0.2) is 0 Å². The van der Waals surface area contributed by atoms with Gasteiger partial charge in [-0.25, -0.2) is 0 Å². The number of nitrogens with zero attached hydrogens (tertiary/aromatic N) is 2. The summed E-state index contributed by atoms with van der Waals surface area (Å²) < 4.78 is 0. The maximum absolute atomic E-state index is 8.60. The number of rotatable bonds is 4. The van der Waals surface area contributed by atoms with Crippen molar-refractivity contribution in [2.75, 3.05) is 11.9 Å². The number of hydrogen-bond acceptors (Lipinski definition) is 3. The number of hydrogen-bond donors (Lipinski definition) is 0. The average Bonchev–Trinajstić information content (AvgIpc) is 2.41. The molecule has 2 aromatic rings. The van der Waals surface area contributed by atoms with Gasteiger partial charge in [0.25, 0.3) is 0 Å². The van der Waals surface area contributed by atoms with E-state index < -0.39 is 0 Å². The minimum atomic E-state index is 0.881. The lowest BCUT2D eigenvalue weighted by atomic mass is 10.2. The summed E-state index contributed by atoms with van der Waals surface area (Å²) in [5.41, 5.74) is 2.44. The van der Waals surface area contributed by atoms with Gasteiger partial charge >= 0.3 is 0 Å². The van der Waals surface area contributed by atoms with Crippen molar-refractivity contribution in [2.45, 2.75) is 11.4 Å². The molecule has 0 fully saturated rings. The number of thiocyanates is 1. The molecule has 0 aliphatic rings. The van der Waals surface area contributed by atoms with Crippen LogP contribution in [0.3, 0.4) is 0 Å². The molecule has 0 saturated heterocycles. The number of thioether (sulfide) groups is 1. The highest BCUT2D eigenvalue weighted by molar-refractivity contribution is 8.03. The summed E-state index contributed by atoms with van der Waals surface area (Å²) in [6.45, 7) is 0.881. The minimum Gasteiger partial charge on any atom is -0.370 e. The summed E-state index contributed by atoms with van der Waals surface area (Å²) >= 11 is 1.19. The summed E-state index contributed by atoms with van der Waals surface area (Å²) in [5, 5.41) is 10.7. The van der Waals surface area contributed by atoms with Crippen LogP contribution >= 0.6 is 11.8 Å². The standard InChI is InChI=1S/C15H14N2S/c1-17(11-13-5-3-2-4-6-13)14-7-9-15(10-8-14)18-12-16/h2-10H,11H2,1H3. The predicted molar refractivity (Wildman–Crippen MR) is 76.5 cm³/mol. The Balaban J connectivity index is 2.05. The Kier molecular flexibility index (Phi) is 4.27. The largest absolute Gasteiger partial charge is 0.370 e. The lowest BCUT2D eigenvalue weighted by Crippen LogP contribution is -2.15. The maximum Gasteiger partial charge on any atom is 0.138 e. The van der Waals surface area contributed by atoms with E-state index in [0.717, 1.165) is 17.1 Å². The Bertz CT molecular complexity index is 529. The first-order chi connectivity index (χ1) is 8.79. The van der Waals surface area contributed by atoms with Crippen LogP contribution in [-0.4, -0.2) is 7.05 Å². The van der Waals surface area contributed by atoms with E-state index in [4.69, 9.17) is 5.26 Å². The molecule has 0 radical (unpaired) electrons. The Morgan fingerprint density at radius 3 is 2.33 bits per heavy atom. The molecule has 3 heteroatoms. The van der Waals surface area contributed by atoms with Gasteiger partial charge in [-0.05, 0) is 41.6 Å². The molecule has 0 aromatic heterocycles. The van der Waals surface area contributed by atoms with Crippen LogP contribution in [0.25, 0.3) is 0 Å².